The fourth-order valence-corrected chi connectivity index (χ4v) is 4.11. The van der Waals surface area contributed by atoms with E-state index in [9.17, 15) is 0 Å². The van der Waals surface area contributed by atoms with Crippen LogP contribution in [-0.4, -0.2) is 25.5 Å². The van der Waals surface area contributed by atoms with Crippen LogP contribution < -0.4 is 4.74 Å². The molecule has 0 bridgehead atoms. The van der Waals surface area contributed by atoms with Crippen LogP contribution in [0.5, 0.6) is 5.75 Å². The summed E-state index contributed by atoms with van der Waals surface area (Å²) in [7, 11) is 0. The second-order valence-corrected chi connectivity index (χ2v) is 7.46. The van der Waals surface area contributed by atoms with E-state index in [4.69, 9.17) is 16.3 Å². The van der Waals surface area contributed by atoms with Gasteiger partial charge in [0, 0.05) is 6.04 Å². The minimum atomic E-state index is 0.316. The lowest BCUT2D eigenvalue weighted by Gasteiger charge is -2.33. The van der Waals surface area contributed by atoms with Gasteiger partial charge in [-0.3, -0.25) is 9.47 Å². The lowest BCUT2D eigenvalue weighted by Crippen LogP contribution is -2.33. The Kier molecular flexibility index (Phi) is 5.15. The topological polar surface area (TPSA) is 43.2 Å². The first-order valence-corrected chi connectivity index (χ1v) is 9.80. The zero-order chi connectivity index (χ0) is 17.9. The number of fused-ring (bicyclic) bond motifs is 1. The van der Waals surface area contributed by atoms with E-state index in [1.807, 2.05) is 30.3 Å². The van der Waals surface area contributed by atoms with Gasteiger partial charge in [0.25, 0.3) is 0 Å². The summed E-state index contributed by atoms with van der Waals surface area (Å²) in [6.07, 6.45) is 0. The van der Waals surface area contributed by atoms with Gasteiger partial charge in [0.1, 0.15) is 12.4 Å². The normalized spacial score (nSPS) is 15.5. The SMILES string of the molecule is C[C@@H](c1ccccc1)N1CSc2nnc(COc3ccccc3Cl)n2C1. The zero-order valence-electron chi connectivity index (χ0n) is 14.4. The molecule has 0 unspecified atom stereocenters. The highest BCUT2D eigenvalue weighted by Crippen LogP contribution is 2.31. The van der Waals surface area contributed by atoms with Crippen LogP contribution in [0.4, 0.5) is 0 Å². The molecule has 2 heterocycles. The van der Waals surface area contributed by atoms with Crippen molar-refractivity contribution in [3.05, 3.63) is 71.0 Å². The third-order valence-corrected chi connectivity index (χ3v) is 5.83. The van der Waals surface area contributed by atoms with Gasteiger partial charge in [-0.25, -0.2) is 0 Å². The molecular weight excluding hydrogens is 368 g/mol. The molecule has 7 heteroatoms. The van der Waals surface area contributed by atoms with E-state index in [1.165, 1.54) is 5.56 Å². The Hall–Kier alpha value is -2.02. The molecule has 5 nitrogen and oxygen atoms in total. The van der Waals surface area contributed by atoms with Crippen LogP contribution in [-0.2, 0) is 13.3 Å². The lowest BCUT2D eigenvalue weighted by atomic mass is 10.1. The van der Waals surface area contributed by atoms with Crippen LogP contribution in [0.1, 0.15) is 24.4 Å². The molecule has 134 valence electrons. The summed E-state index contributed by atoms with van der Waals surface area (Å²) in [6.45, 7) is 3.31. The van der Waals surface area contributed by atoms with Crippen molar-refractivity contribution in [3.8, 4) is 5.75 Å². The summed E-state index contributed by atoms with van der Waals surface area (Å²) in [5.41, 5.74) is 1.30. The van der Waals surface area contributed by atoms with Gasteiger partial charge in [0.2, 0.25) is 0 Å². The van der Waals surface area contributed by atoms with Crippen molar-refractivity contribution in [2.45, 2.75) is 31.4 Å². The molecule has 0 radical (unpaired) electrons. The average Bonchev–Trinajstić information content (AvgIpc) is 3.10. The second-order valence-electron chi connectivity index (χ2n) is 6.14. The molecule has 0 saturated carbocycles. The molecule has 0 fully saturated rings. The Morgan fingerprint density at radius 2 is 1.88 bits per heavy atom. The number of thioether (sulfide) groups is 1. The molecule has 0 amide bonds. The average molecular weight is 387 g/mol. The summed E-state index contributed by atoms with van der Waals surface area (Å²) in [4.78, 5) is 2.40. The Labute approximate surface area is 161 Å². The fraction of sp³-hybridized carbons (Fsp3) is 0.263. The van der Waals surface area contributed by atoms with E-state index in [1.54, 1.807) is 11.8 Å². The van der Waals surface area contributed by atoms with Crippen LogP contribution >= 0.6 is 23.4 Å². The van der Waals surface area contributed by atoms with Gasteiger partial charge in [0.05, 0.1) is 17.6 Å². The molecule has 3 aromatic rings. The molecule has 1 aliphatic heterocycles. The molecule has 0 spiro atoms. The molecule has 1 aromatic heterocycles. The fourth-order valence-electron chi connectivity index (χ4n) is 2.92. The van der Waals surface area contributed by atoms with E-state index < -0.39 is 0 Å². The number of benzene rings is 2. The van der Waals surface area contributed by atoms with Crippen LogP contribution in [0.25, 0.3) is 0 Å². The van der Waals surface area contributed by atoms with Gasteiger partial charge in [-0.15, -0.1) is 10.2 Å². The molecule has 0 N–H and O–H groups in total. The minimum absolute atomic E-state index is 0.316. The van der Waals surface area contributed by atoms with Crippen molar-refractivity contribution in [1.29, 1.82) is 0 Å². The molecule has 2 aromatic carbocycles. The standard InChI is InChI=1S/C19H19ClN4OS/c1-14(15-7-3-2-4-8-15)23-12-24-18(21-22-19(24)26-13-23)11-25-17-10-6-5-9-16(17)20/h2-10,14H,11-13H2,1H3/t14-/m0/s1. The second kappa shape index (κ2) is 7.70. The number of aromatic nitrogens is 3. The summed E-state index contributed by atoms with van der Waals surface area (Å²) in [6, 6.07) is 18.3. The van der Waals surface area contributed by atoms with Gasteiger partial charge < -0.3 is 4.74 Å². The first kappa shape index (κ1) is 17.4. The van der Waals surface area contributed by atoms with E-state index in [0.29, 0.717) is 23.4 Å². The lowest BCUT2D eigenvalue weighted by molar-refractivity contribution is 0.172. The first-order chi connectivity index (χ1) is 12.7. The number of hydrogen-bond donors (Lipinski definition) is 0. The highest BCUT2D eigenvalue weighted by molar-refractivity contribution is 7.99. The van der Waals surface area contributed by atoms with Crippen molar-refractivity contribution in [2.75, 3.05) is 5.88 Å². The van der Waals surface area contributed by atoms with E-state index in [-0.39, 0.29) is 0 Å². The van der Waals surface area contributed by atoms with Gasteiger partial charge in [-0.1, -0.05) is 65.8 Å². The summed E-state index contributed by atoms with van der Waals surface area (Å²) >= 11 is 7.86. The maximum Gasteiger partial charge on any atom is 0.193 e. The zero-order valence-corrected chi connectivity index (χ0v) is 16.0. The molecule has 4 rings (SSSR count). The number of halogens is 1. The van der Waals surface area contributed by atoms with Crippen LogP contribution in [0.2, 0.25) is 5.02 Å². The van der Waals surface area contributed by atoms with Crippen molar-refractivity contribution in [3.63, 3.8) is 0 Å². The molecule has 0 aliphatic carbocycles. The van der Waals surface area contributed by atoms with Crippen molar-refractivity contribution in [1.82, 2.24) is 19.7 Å². The molecule has 0 saturated heterocycles. The van der Waals surface area contributed by atoms with Crippen LogP contribution in [0.3, 0.4) is 0 Å². The Morgan fingerprint density at radius 1 is 1.12 bits per heavy atom. The van der Waals surface area contributed by atoms with Gasteiger partial charge >= 0.3 is 0 Å². The molecular formula is C19H19ClN4OS. The third kappa shape index (κ3) is 3.58. The highest BCUT2D eigenvalue weighted by atomic mass is 35.5. The summed E-state index contributed by atoms with van der Waals surface area (Å²) in [5.74, 6) is 2.35. The predicted molar refractivity (Wildman–Crippen MR) is 103 cm³/mol. The molecule has 26 heavy (non-hydrogen) atoms. The maximum atomic E-state index is 6.16. The van der Waals surface area contributed by atoms with Crippen LogP contribution in [0, 0.1) is 0 Å². The predicted octanol–water partition coefficient (Wildman–Crippen LogP) is 4.59. The number of hydrogen-bond acceptors (Lipinski definition) is 5. The number of para-hydroxylation sites is 1. The number of rotatable bonds is 5. The number of nitrogens with zero attached hydrogens (tertiary/aromatic N) is 4. The third-order valence-electron chi connectivity index (χ3n) is 4.50. The minimum Gasteiger partial charge on any atom is -0.484 e. The molecule has 1 aliphatic rings. The van der Waals surface area contributed by atoms with E-state index in [0.717, 1.165) is 23.5 Å². The Morgan fingerprint density at radius 3 is 2.69 bits per heavy atom. The smallest absolute Gasteiger partial charge is 0.193 e. The van der Waals surface area contributed by atoms with Crippen molar-refractivity contribution in [2.24, 2.45) is 0 Å². The highest BCUT2D eigenvalue weighted by Gasteiger charge is 2.25. The Balaban J connectivity index is 1.48. The monoisotopic (exact) mass is 386 g/mol. The largest absolute Gasteiger partial charge is 0.484 e. The van der Waals surface area contributed by atoms with Gasteiger partial charge in [-0.2, -0.15) is 0 Å². The van der Waals surface area contributed by atoms with Crippen molar-refractivity contribution < 1.29 is 4.74 Å². The Bertz CT molecular complexity index is 886. The van der Waals surface area contributed by atoms with E-state index >= 15 is 0 Å². The van der Waals surface area contributed by atoms with Crippen LogP contribution in [0.15, 0.2) is 59.8 Å². The quantitative estimate of drug-likeness (QED) is 0.641. The summed E-state index contributed by atoms with van der Waals surface area (Å²) in [5, 5.41) is 10.1. The van der Waals surface area contributed by atoms with Gasteiger partial charge in [0.15, 0.2) is 11.0 Å². The van der Waals surface area contributed by atoms with Gasteiger partial charge in [-0.05, 0) is 24.6 Å². The maximum absolute atomic E-state index is 6.16. The molecule has 1 atom stereocenters. The van der Waals surface area contributed by atoms with E-state index in [2.05, 4.69) is 50.9 Å². The summed E-state index contributed by atoms with van der Waals surface area (Å²) < 4.78 is 7.96. The van der Waals surface area contributed by atoms with Crippen molar-refractivity contribution >= 4 is 23.4 Å². The first-order valence-electron chi connectivity index (χ1n) is 8.43. The number of ether oxygens (including phenoxy) is 1.